The molecule has 0 saturated carbocycles. The van der Waals surface area contributed by atoms with E-state index in [4.69, 9.17) is 28.5 Å². The van der Waals surface area contributed by atoms with Gasteiger partial charge in [0.1, 0.15) is 0 Å². The van der Waals surface area contributed by atoms with Crippen LogP contribution in [-0.2, 0) is 6.42 Å². The van der Waals surface area contributed by atoms with Gasteiger partial charge in [-0.05, 0) is 43.3 Å². The molecule has 2 atom stereocenters. The Kier molecular flexibility index (Phi) is 4.70. The van der Waals surface area contributed by atoms with Crippen LogP contribution in [0.5, 0.6) is 0 Å². The van der Waals surface area contributed by atoms with Crippen molar-refractivity contribution in [2.24, 2.45) is 0 Å². The molecule has 0 heterocycles. The van der Waals surface area contributed by atoms with Crippen LogP contribution in [0.4, 0.5) is 0 Å². The highest BCUT2D eigenvalue weighted by molar-refractivity contribution is 6.35. The van der Waals surface area contributed by atoms with Crippen LogP contribution >= 0.6 is 23.2 Å². The molecule has 1 aliphatic carbocycles. The molecule has 0 spiro atoms. The third kappa shape index (κ3) is 3.04. The van der Waals surface area contributed by atoms with Crippen molar-refractivity contribution >= 4 is 23.2 Å². The van der Waals surface area contributed by atoms with Gasteiger partial charge in [-0.15, -0.1) is 0 Å². The first-order chi connectivity index (χ1) is 9.04. The molecule has 2 rings (SSSR count). The summed E-state index contributed by atoms with van der Waals surface area (Å²) in [5.41, 5.74) is 1.99. The molecule has 0 fully saturated rings. The molecule has 0 radical (unpaired) electrons. The predicted molar refractivity (Wildman–Crippen MR) is 76.4 cm³/mol. The van der Waals surface area contributed by atoms with Crippen LogP contribution in [0.3, 0.4) is 0 Å². The van der Waals surface area contributed by atoms with Crippen molar-refractivity contribution in [3.8, 4) is 6.07 Å². The number of aliphatic hydroxyl groups excluding tert-OH is 1. The number of nitriles is 1. The molecule has 1 aromatic rings. The lowest BCUT2D eigenvalue weighted by Gasteiger charge is -2.27. The van der Waals surface area contributed by atoms with Gasteiger partial charge in [0.25, 0.3) is 0 Å². The summed E-state index contributed by atoms with van der Waals surface area (Å²) < 4.78 is 0. The molecule has 0 amide bonds. The average Bonchev–Trinajstić information content (AvgIpc) is 2.66. The van der Waals surface area contributed by atoms with Crippen molar-refractivity contribution < 1.29 is 5.11 Å². The van der Waals surface area contributed by atoms with Gasteiger partial charge < -0.3 is 5.11 Å². The number of unbranched alkanes of at least 4 members (excludes halogenated alkanes) is 1. The monoisotopic (exact) mass is 298 g/mol. The largest absolute Gasteiger partial charge is 0.391 e. The minimum Gasteiger partial charge on any atom is -0.391 e. The Labute approximate surface area is 123 Å². The quantitative estimate of drug-likeness (QED) is 0.869. The van der Waals surface area contributed by atoms with Crippen LogP contribution in [0.1, 0.15) is 30.0 Å². The van der Waals surface area contributed by atoms with Crippen molar-refractivity contribution in [2.75, 3.05) is 13.6 Å². The number of hydrogen-bond donors (Lipinski definition) is 1. The average molecular weight is 299 g/mol. The molecule has 0 aromatic heterocycles. The smallest absolute Gasteiger partial charge is 0.0777 e. The van der Waals surface area contributed by atoms with E-state index in [1.165, 1.54) is 0 Å². The zero-order chi connectivity index (χ0) is 14.0. The van der Waals surface area contributed by atoms with Crippen LogP contribution < -0.4 is 0 Å². The molecule has 3 nitrogen and oxygen atoms in total. The Bertz CT molecular complexity index is 513. The number of halogens is 2. The van der Waals surface area contributed by atoms with Gasteiger partial charge >= 0.3 is 0 Å². The van der Waals surface area contributed by atoms with Gasteiger partial charge in [-0.25, -0.2) is 0 Å². The van der Waals surface area contributed by atoms with Gasteiger partial charge in [0, 0.05) is 22.9 Å². The molecule has 102 valence electrons. The van der Waals surface area contributed by atoms with E-state index in [1.54, 1.807) is 6.07 Å². The molecule has 19 heavy (non-hydrogen) atoms. The van der Waals surface area contributed by atoms with E-state index in [9.17, 15) is 5.11 Å². The van der Waals surface area contributed by atoms with Gasteiger partial charge in [0.05, 0.1) is 18.2 Å². The first-order valence-corrected chi connectivity index (χ1v) is 7.03. The fourth-order valence-corrected chi connectivity index (χ4v) is 3.29. The number of benzene rings is 1. The summed E-state index contributed by atoms with van der Waals surface area (Å²) >= 11 is 12.2. The molecular formula is C14H16Cl2N2O. The molecule has 0 bridgehead atoms. The fraction of sp³-hybridized carbons (Fsp3) is 0.500. The van der Waals surface area contributed by atoms with Crippen molar-refractivity contribution in [2.45, 2.75) is 31.4 Å². The van der Waals surface area contributed by atoms with Crippen molar-refractivity contribution in [1.29, 1.82) is 5.26 Å². The van der Waals surface area contributed by atoms with Crippen molar-refractivity contribution in [1.82, 2.24) is 4.90 Å². The highest BCUT2D eigenvalue weighted by Gasteiger charge is 2.35. The van der Waals surface area contributed by atoms with E-state index in [1.807, 2.05) is 13.1 Å². The lowest BCUT2D eigenvalue weighted by molar-refractivity contribution is 0.0760. The second-order valence-electron chi connectivity index (χ2n) is 4.91. The first kappa shape index (κ1) is 14.6. The summed E-state index contributed by atoms with van der Waals surface area (Å²) in [5.74, 6) is 0. The lowest BCUT2D eigenvalue weighted by atomic mass is 10.1. The summed E-state index contributed by atoms with van der Waals surface area (Å²) in [5, 5.41) is 20.0. The van der Waals surface area contributed by atoms with E-state index in [0.29, 0.717) is 22.9 Å². The van der Waals surface area contributed by atoms with Crippen LogP contribution in [0.15, 0.2) is 12.1 Å². The minimum absolute atomic E-state index is 0.0927. The van der Waals surface area contributed by atoms with Crippen molar-refractivity contribution in [3.05, 3.63) is 33.3 Å². The molecule has 1 aromatic carbocycles. The Morgan fingerprint density at radius 2 is 2.21 bits per heavy atom. The lowest BCUT2D eigenvalue weighted by Crippen LogP contribution is -2.31. The van der Waals surface area contributed by atoms with E-state index in [-0.39, 0.29) is 6.04 Å². The number of aliphatic hydroxyl groups is 1. The number of likely N-dealkylation sites (N-methyl/N-ethyl adjacent to an activating group) is 1. The second-order valence-corrected chi connectivity index (χ2v) is 5.76. The number of fused-ring (bicyclic) bond motifs is 1. The maximum Gasteiger partial charge on any atom is 0.0777 e. The van der Waals surface area contributed by atoms with Crippen LogP contribution in [0, 0.1) is 11.3 Å². The van der Waals surface area contributed by atoms with Crippen LogP contribution in [0.2, 0.25) is 10.0 Å². The molecule has 0 aliphatic heterocycles. The summed E-state index contributed by atoms with van der Waals surface area (Å²) in [7, 11) is 1.95. The SMILES string of the molecule is CN(CCCC#N)[C@H]1c2cc(Cl)cc(Cl)c2C[C@@H]1O. The first-order valence-electron chi connectivity index (χ1n) is 6.27. The molecule has 5 heteroatoms. The molecular weight excluding hydrogens is 283 g/mol. The molecule has 1 aliphatic rings. The zero-order valence-corrected chi connectivity index (χ0v) is 12.2. The Balaban J connectivity index is 2.22. The Morgan fingerprint density at radius 1 is 1.47 bits per heavy atom. The Hall–Kier alpha value is -0.790. The van der Waals surface area contributed by atoms with Gasteiger partial charge in [-0.3, -0.25) is 4.90 Å². The summed E-state index contributed by atoms with van der Waals surface area (Å²) in [6, 6.07) is 5.63. The van der Waals surface area contributed by atoms with Crippen LogP contribution in [-0.4, -0.2) is 29.7 Å². The molecule has 1 N–H and O–H groups in total. The van der Waals surface area contributed by atoms with E-state index < -0.39 is 6.10 Å². The van der Waals surface area contributed by atoms with Gasteiger partial charge in [0.15, 0.2) is 0 Å². The van der Waals surface area contributed by atoms with Crippen LogP contribution in [0.25, 0.3) is 0 Å². The maximum absolute atomic E-state index is 10.2. The second kappa shape index (κ2) is 6.11. The standard InChI is InChI=1S/C14H16Cl2N2O/c1-18(5-3-2-4-17)14-11-6-9(15)7-12(16)10(11)8-13(14)19/h6-7,13-14,19H,2-3,5,8H2,1H3/t13-,14-/m0/s1. The van der Waals surface area contributed by atoms with E-state index >= 15 is 0 Å². The summed E-state index contributed by atoms with van der Waals surface area (Å²) in [6.07, 6.45) is 1.40. The predicted octanol–water partition coefficient (Wildman–Crippen LogP) is 3.19. The number of nitrogens with zero attached hydrogens (tertiary/aromatic N) is 2. The minimum atomic E-state index is -0.474. The van der Waals surface area contributed by atoms with Gasteiger partial charge in [-0.1, -0.05) is 23.2 Å². The normalized spacial score (nSPS) is 21.5. The summed E-state index contributed by atoms with van der Waals surface area (Å²) in [4.78, 5) is 2.07. The fourth-order valence-electron chi connectivity index (χ4n) is 2.71. The van der Waals surface area contributed by atoms with E-state index in [2.05, 4.69) is 11.0 Å². The van der Waals surface area contributed by atoms with Gasteiger partial charge in [0.2, 0.25) is 0 Å². The van der Waals surface area contributed by atoms with E-state index in [0.717, 1.165) is 24.1 Å². The number of hydrogen-bond acceptors (Lipinski definition) is 3. The molecule has 0 saturated heterocycles. The molecule has 0 unspecified atom stereocenters. The highest BCUT2D eigenvalue weighted by Crippen LogP contribution is 2.40. The highest BCUT2D eigenvalue weighted by atomic mass is 35.5. The summed E-state index contributed by atoms with van der Waals surface area (Å²) in [6.45, 7) is 0.763. The third-order valence-corrected chi connectivity index (χ3v) is 4.12. The van der Waals surface area contributed by atoms with Crippen molar-refractivity contribution in [3.63, 3.8) is 0 Å². The van der Waals surface area contributed by atoms with Gasteiger partial charge in [-0.2, -0.15) is 5.26 Å². The zero-order valence-electron chi connectivity index (χ0n) is 10.7. The topological polar surface area (TPSA) is 47.3 Å². The third-order valence-electron chi connectivity index (χ3n) is 3.57. The Morgan fingerprint density at radius 3 is 2.89 bits per heavy atom. The maximum atomic E-state index is 10.2. The number of rotatable bonds is 4.